The summed E-state index contributed by atoms with van der Waals surface area (Å²) < 4.78 is 10.3. The third kappa shape index (κ3) is 3.45. The van der Waals surface area contributed by atoms with Crippen LogP contribution in [0.25, 0.3) is 6.08 Å². The van der Waals surface area contributed by atoms with Crippen molar-refractivity contribution in [3.63, 3.8) is 0 Å². The minimum atomic E-state index is -0.406. The average Bonchev–Trinajstić information content (AvgIpc) is 2.56. The van der Waals surface area contributed by atoms with Gasteiger partial charge in [0.1, 0.15) is 30.7 Å². The smallest absolute Gasteiger partial charge is 0.193 e. The molecule has 5 heteroatoms. The SMILES string of the molecule is [B]c1c(OC)cc(O)c(C(=O)/C=C/c2ccc(C)c(C)c2)c1OC. The Morgan fingerprint density at radius 1 is 1.12 bits per heavy atom. The fraction of sp³-hybridized carbons (Fsp3) is 0.211. The number of carbonyl (C=O) groups excluding carboxylic acids is 1. The lowest BCUT2D eigenvalue weighted by Gasteiger charge is -2.15. The zero-order valence-corrected chi connectivity index (χ0v) is 14.2. The molecule has 2 rings (SSSR count). The molecule has 0 heterocycles. The minimum Gasteiger partial charge on any atom is -0.507 e. The maximum Gasteiger partial charge on any atom is 0.193 e. The molecule has 0 amide bonds. The van der Waals surface area contributed by atoms with E-state index in [0.717, 1.165) is 11.1 Å². The van der Waals surface area contributed by atoms with E-state index in [1.807, 2.05) is 32.0 Å². The summed E-state index contributed by atoms with van der Waals surface area (Å²) in [6, 6.07) is 7.20. The Morgan fingerprint density at radius 2 is 1.83 bits per heavy atom. The number of allylic oxidation sites excluding steroid dienone is 1. The van der Waals surface area contributed by atoms with Gasteiger partial charge in [-0.15, -0.1) is 0 Å². The Bertz CT molecular complexity index is 809. The monoisotopic (exact) mass is 322 g/mol. The molecule has 0 bridgehead atoms. The lowest BCUT2D eigenvalue weighted by atomic mass is 9.89. The molecule has 2 radical (unpaired) electrons. The van der Waals surface area contributed by atoms with Crippen molar-refractivity contribution in [1.29, 1.82) is 0 Å². The van der Waals surface area contributed by atoms with Gasteiger partial charge >= 0.3 is 0 Å². The highest BCUT2D eigenvalue weighted by atomic mass is 16.5. The maximum absolute atomic E-state index is 12.5. The van der Waals surface area contributed by atoms with Crippen LogP contribution in [0, 0.1) is 13.8 Å². The Morgan fingerprint density at radius 3 is 2.42 bits per heavy atom. The summed E-state index contributed by atoms with van der Waals surface area (Å²) in [6.45, 7) is 4.03. The Hall–Kier alpha value is -2.69. The molecule has 0 aliphatic carbocycles. The van der Waals surface area contributed by atoms with E-state index < -0.39 is 5.78 Å². The number of hydrogen-bond acceptors (Lipinski definition) is 4. The lowest BCUT2D eigenvalue weighted by molar-refractivity contribution is 0.104. The van der Waals surface area contributed by atoms with Crippen molar-refractivity contribution in [2.24, 2.45) is 0 Å². The number of phenolic OH excluding ortho intramolecular Hbond substituents is 1. The van der Waals surface area contributed by atoms with Gasteiger partial charge in [0.05, 0.1) is 14.2 Å². The minimum absolute atomic E-state index is 0.0101. The predicted octanol–water partition coefficient (Wildman–Crippen LogP) is 2.72. The molecule has 2 aromatic rings. The first-order valence-corrected chi connectivity index (χ1v) is 7.42. The number of ether oxygens (including phenoxy) is 2. The van der Waals surface area contributed by atoms with E-state index in [-0.39, 0.29) is 28.3 Å². The zero-order valence-electron chi connectivity index (χ0n) is 14.2. The standard InChI is InChI=1S/C19H19BO4/c1-11-5-6-13(9-12(11)2)7-8-14(21)17-15(22)10-16(23-3)18(20)19(17)24-4/h5-10,22H,1-4H3/b8-7+. The van der Waals surface area contributed by atoms with Crippen molar-refractivity contribution in [3.05, 3.63) is 52.6 Å². The van der Waals surface area contributed by atoms with Gasteiger partial charge in [-0.25, -0.2) is 0 Å². The highest BCUT2D eigenvalue weighted by Gasteiger charge is 2.20. The van der Waals surface area contributed by atoms with Gasteiger partial charge in [0, 0.05) is 6.07 Å². The van der Waals surface area contributed by atoms with Gasteiger partial charge in [-0.3, -0.25) is 4.79 Å². The molecule has 0 saturated carbocycles. The second kappa shape index (κ2) is 7.26. The molecule has 0 atom stereocenters. The normalized spacial score (nSPS) is 10.8. The van der Waals surface area contributed by atoms with Gasteiger partial charge in [0.15, 0.2) is 5.78 Å². The number of methoxy groups -OCH3 is 2. The van der Waals surface area contributed by atoms with E-state index in [9.17, 15) is 9.90 Å². The third-order valence-electron chi connectivity index (χ3n) is 3.89. The van der Waals surface area contributed by atoms with Crippen molar-refractivity contribution in [1.82, 2.24) is 0 Å². The van der Waals surface area contributed by atoms with E-state index in [0.29, 0.717) is 0 Å². The second-order valence-electron chi connectivity index (χ2n) is 5.46. The lowest BCUT2D eigenvalue weighted by Crippen LogP contribution is -2.15. The van der Waals surface area contributed by atoms with Crippen LogP contribution in [0.3, 0.4) is 0 Å². The van der Waals surface area contributed by atoms with Crippen LogP contribution in [-0.2, 0) is 0 Å². The third-order valence-corrected chi connectivity index (χ3v) is 3.89. The van der Waals surface area contributed by atoms with Crippen molar-refractivity contribution >= 4 is 25.2 Å². The molecule has 0 aromatic heterocycles. The molecule has 24 heavy (non-hydrogen) atoms. The molecule has 0 fully saturated rings. The van der Waals surface area contributed by atoms with Crippen molar-refractivity contribution in [3.8, 4) is 17.2 Å². The fourth-order valence-electron chi connectivity index (χ4n) is 2.38. The molecule has 0 aliphatic rings. The molecule has 0 unspecified atom stereocenters. The summed E-state index contributed by atoms with van der Waals surface area (Å²) in [6.07, 6.45) is 3.07. The molecule has 4 nitrogen and oxygen atoms in total. The molecule has 122 valence electrons. The largest absolute Gasteiger partial charge is 0.507 e. The first-order valence-electron chi connectivity index (χ1n) is 7.42. The highest BCUT2D eigenvalue weighted by molar-refractivity contribution is 6.37. The van der Waals surface area contributed by atoms with Crippen LogP contribution in [0.1, 0.15) is 27.0 Å². The second-order valence-corrected chi connectivity index (χ2v) is 5.46. The first-order chi connectivity index (χ1) is 11.4. The van der Waals surface area contributed by atoms with Crippen LogP contribution in [0.5, 0.6) is 17.2 Å². The van der Waals surface area contributed by atoms with E-state index in [4.69, 9.17) is 17.3 Å². The number of ketones is 1. The van der Waals surface area contributed by atoms with Crippen LogP contribution in [0.15, 0.2) is 30.3 Å². The van der Waals surface area contributed by atoms with Gasteiger partial charge in [-0.05, 0) is 42.1 Å². The van der Waals surface area contributed by atoms with Gasteiger partial charge < -0.3 is 14.6 Å². The molecule has 0 spiro atoms. The Balaban J connectivity index is 2.40. The Kier molecular flexibility index (Phi) is 5.34. The topological polar surface area (TPSA) is 55.8 Å². The zero-order chi connectivity index (χ0) is 17.9. The van der Waals surface area contributed by atoms with Crippen molar-refractivity contribution in [2.45, 2.75) is 13.8 Å². The number of benzene rings is 2. The van der Waals surface area contributed by atoms with Gasteiger partial charge in [-0.1, -0.05) is 24.3 Å². The Labute approximate surface area is 143 Å². The summed E-state index contributed by atoms with van der Waals surface area (Å²) in [5, 5.41) is 10.1. The van der Waals surface area contributed by atoms with E-state index in [1.165, 1.54) is 31.9 Å². The van der Waals surface area contributed by atoms with Crippen molar-refractivity contribution < 1.29 is 19.4 Å². The van der Waals surface area contributed by atoms with Crippen LogP contribution in [-0.4, -0.2) is 33.0 Å². The van der Waals surface area contributed by atoms with E-state index >= 15 is 0 Å². The summed E-state index contributed by atoms with van der Waals surface area (Å²) in [5.74, 6) is -0.301. The molecule has 0 aliphatic heterocycles. The summed E-state index contributed by atoms with van der Waals surface area (Å²) in [5.41, 5.74) is 3.39. The maximum atomic E-state index is 12.5. The summed E-state index contributed by atoms with van der Waals surface area (Å²) in [7, 11) is 8.72. The van der Waals surface area contributed by atoms with E-state index in [2.05, 4.69) is 0 Å². The molecular formula is C19H19BO4. The first kappa shape index (κ1) is 17.7. The van der Waals surface area contributed by atoms with Gasteiger partial charge in [0.2, 0.25) is 0 Å². The summed E-state index contributed by atoms with van der Waals surface area (Å²) in [4.78, 5) is 12.5. The number of hydrogen-bond donors (Lipinski definition) is 1. The van der Waals surface area contributed by atoms with E-state index in [1.54, 1.807) is 6.08 Å². The van der Waals surface area contributed by atoms with Crippen molar-refractivity contribution in [2.75, 3.05) is 14.2 Å². The van der Waals surface area contributed by atoms with Crippen LogP contribution in [0.4, 0.5) is 0 Å². The predicted molar refractivity (Wildman–Crippen MR) is 95.9 cm³/mol. The summed E-state index contributed by atoms with van der Waals surface area (Å²) >= 11 is 0. The fourth-order valence-corrected chi connectivity index (χ4v) is 2.38. The van der Waals surface area contributed by atoms with Crippen LogP contribution >= 0.6 is 0 Å². The molecule has 1 N–H and O–H groups in total. The van der Waals surface area contributed by atoms with Crippen LogP contribution < -0.4 is 14.9 Å². The van der Waals surface area contributed by atoms with Gasteiger partial charge in [-0.2, -0.15) is 0 Å². The number of aromatic hydroxyl groups is 1. The quantitative estimate of drug-likeness (QED) is 0.522. The van der Waals surface area contributed by atoms with Gasteiger partial charge in [0.25, 0.3) is 0 Å². The molecule has 2 aromatic carbocycles. The number of phenols is 1. The molecular weight excluding hydrogens is 303 g/mol. The highest BCUT2D eigenvalue weighted by Crippen LogP contribution is 2.31. The number of carbonyl (C=O) groups is 1. The number of aryl methyl sites for hydroxylation is 2. The number of rotatable bonds is 5. The van der Waals surface area contributed by atoms with Crippen LogP contribution in [0.2, 0.25) is 0 Å². The molecule has 0 saturated heterocycles. The average molecular weight is 322 g/mol.